The third kappa shape index (κ3) is 5.34. The lowest BCUT2D eigenvalue weighted by molar-refractivity contribution is -0.147. The van der Waals surface area contributed by atoms with Crippen molar-refractivity contribution in [2.45, 2.75) is 44.6 Å². The zero-order chi connectivity index (χ0) is 25.4. The van der Waals surface area contributed by atoms with E-state index >= 15 is 0 Å². The average Bonchev–Trinajstić information content (AvgIpc) is 3.03. The highest BCUT2D eigenvalue weighted by Gasteiger charge is 2.47. The lowest BCUT2D eigenvalue weighted by Gasteiger charge is -2.32. The Morgan fingerprint density at radius 2 is 1.83 bits per heavy atom. The zero-order valence-electron chi connectivity index (χ0n) is 20.4. The molecular weight excluding hydrogens is 486 g/mol. The monoisotopic (exact) mass is 517 g/mol. The van der Waals surface area contributed by atoms with Crippen LogP contribution in [0.15, 0.2) is 42.1 Å². The van der Waals surface area contributed by atoms with E-state index in [0.29, 0.717) is 34.1 Å². The summed E-state index contributed by atoms with van der Waals surface area (Å²) in [7, 11) is 0.168. The predicted octanol–water partition coefficient (Wildman–Crippen LogP) is 4.55. The summed E-state index contributed by atoms with van der Waals surface area (Å²) in [5.74, 6) is -0.405. The highest BCUT2D eigenvalue weighted by molar-refractivity contribution is 7.92. The number of ether oxygens (including phenoxy) is 1. The second-order valence-electron chi connectivity index (χ2n) is 9.69. The molecule has 0 radical (unpaired) electrons. The lowest BCUT2D eigenvalue weighted by atomic mass is 9.81. The molecule has 1 spiro atoms. The van der Waals surface area contributed by atoms with Gasteiger partial charge in [0.1, 0.15) is 0 Å². The van der Waals surface area contributed by atoms with E-state index in [1.54, 1.807) is 24.3 Å². The molecule has 2 aromatic carbocycles. The van der Waals surface area contributed by atoms with Crippen molar-refractivity contribution in [1.29, 1.82) is 0 Å². The van der Waals surface area contributed by atoms with Gasteiger partial charge in [-0.1, -0.05) is 30.2 Å². The van der Waals surface area contributed by atoms with Crippen molar-refractivity contribution in [3.63, 3.8) is 0 Å². The number of carbonyl (C=O) groups is 1. The van der Waals surface area contributed by atoms with Gasteiger partial charge in [0.2, 0.25) is 10.0 Å². The average molecular weight is 518 g/mol. The first kappa shape index (κ1) is 25.5. The van der Waals surface area contributed by atoms with Crippen molar-refractivity contribution in [3.05, 3.63) is 58.2 Å². The molecule has 2 aliphatic rings. The molecule has 9 heteroatoms. The number of carbonyl (C=O) groups excluding carboxylic acids is 1. The fraction of sp³-hybridized carbons (Fsp3) is 0.423. The summed E-state index contributed by atoms with van der Waals surface area (Å²) in [4.78, 5) is 14.7. The number of nitrogens with zero attached hydrogens (tertiary/aromatic N) is 1. The highest BCUT2D eigenvalue weighted by atomic mass is 35.5. The van der Waals surface area contributed by atoms with E-state index in [-0.39, 0.29) is 5.75 Å². The number of halogens is 1. The van der Waals surface area contributed by atoms with Gasteiger partial charge in [0.15, 0.2) is 5.60 Å². The maximum Gasteiger partial charge on any atom is 0.341 e. The minimum atomic E-state index is -3.49. The molecule has 35 heavy (non-hydrogen) atoms. The molecule has 1 heterocycles. The Morgan fingerprint density at radius 1 is 1.11 bits per heavy atom. The number of esters is 1. The van der Waals surface area contributed by atoms with Gasteiger partial charge in [-0.05, 0) is 87.7 Å². The van der Waals surface area contributed by atoms with Gasteiger partial charge < -0.3 is 15.4 Å². The number of aryl methyl sites for hydroxylation is 1. The van der Waals surface area contributed by atoms with Crippen LogP contribution in [0.3, 0.4) is 0 Å². The summed E-state index contributed by atoms with van der Waals surface area (Å²) in [6.45, 7) is 2.33. The molecule has 3 N–H and O–H groups in total. The molecule has 188 valence electrons. The van der Waals surface area contributed by atoms with Crippen molar-refractivity contribution >= 4 is 38.9 Å². The number of nitrogens with two attached hydrogens (primary N) is 1. The maximum atomic E-state index is 12.9. The minimum Gasteiger partial charge on any atom is -0.449 e. The summed E-state index contributed by atoms with van der Waals surface area (Å²) in [5.41, 5.74) is 10.2. The summed E-state index contributed by atoms with van der Waals surface area (Å²) >= 11 is 6.70. The van der Waals surface area contributed by atoms with E-state index in [4.69, 9.17) is 22.1 Å². The number of benzene rings is 2. The van der Waals surface area contributed by atoms with Crippen molar-refractivity contribution in [2.75, 3.05) is 31.1 Å². The van der Waals surface area contributed by atoms with Gasteiger partial charge in [0.05, 0.1) is 17.0 Å². The van der Waals surface area contributed by atoms with Gasteiger partial charge in [-0.3, -0.25) is 4.72 Å². The standard InChI is InChI=1S/C26H32ClN3O4S/c1-17-14-21(18-8-7-9-19(15-18)29-35(32,33)13-12-30(2)3)22(27)16-20(17)23-24(28)26(34-25(23)31)10-5-4-6-11-26/h7-9,14-16,29H,4-6,10-13,28H2,1-3H3. The van der Waals surface area contributed by atoms with E-state index in [9.17, 15) is 13.2 Å². The smallest absolute Gasteiger partial charge is 0.341 e. The zero-order valence-corrected chi connectivity index (χ0v) is 21.9. The molecule has 1 fully saturated rings. The Bertz CT molecular complexity index is 1280. The van der Waals surface area contributed by atoms with Crippen LogP contribution < -0.4 is 10.5 Å². The first-order valence-electron chi connectivity index (χ1n) is 11.8. The molecule has 0 amide bonds. The summed E-state index contributed by atoms with van der Waals surface area (Å²) in [6.07, 6.45) is 4.57. The maximum absolute atomic E-state index is 12.9. The minimum absolute atomic E-state index is 0.00703. The van der Waals surface area contributed by atoms with Gasteiger partial charge in [-0.2, -0.15) is 0 Å². The van der Waals surface area contributed by atoms with E-state index in [1.165, 1.54) is 0 Å². The number of sulfonamides is 1. The number of nitrogens with one attached hydrogen (secondary N) is 1. The summed E-state index contributed by atoms with van der Waals surface area (Å²) < 4.78 is 33.3. The largest absolute Gasteiger partial charge is 0.449 e. The van der Waals surface area contributed by atoms with Crippen LogP contribution in [0.2, 0.25) is 5.02 Å². The third-order valence-electron chi connectivity index (χ3n) is 6.75. The van der Waals surface area contributed by atoms with Crippen LogP contribution in [0.1, 0.15) is 43.2 Å². The van der Waals surface area contributed by atoms with Gasteiger partial charge in [0, 0.05) is 22.8 Å². The fourth-order valence-corrected chi connectivity index (χ4v) is 6.29. The topological polar surface area (TPSA) is 102 Å². The number of rotatable bonds is 7. The SMILES string of the molecule is Cc1cc(-c2cccc(NS(=O)(=O)CCN(C)C)c2)c(Cl)cc1C1=C(N)C2(CCCCC2)OC1=O. The Balaban J connectivity index is 1.65. The van der Waals surface area contributed by atoms with E-state index in [2.05, 4.69) is 4.72 Å². The molecule has 0 atom stereocenters. The van der Waals surface area contributed by atoms with Crippen LogP contribution in [-0.4, -0.2) is 51.3 Å². The molecule has 2 aromatic rings. The molecule has 0 unspecified atom stereocenters. The lowest BCUT2D eigenvalue weighted by Crippen LogP contribution is -2.37. The van der Waals surface area contributed by atoms with Crippen molar-refractivity contribution in [1.82, 2.24) is 4.90 Å². The molecule has 0 bridgehead atoms. The van der Waals surface area contributed by atoms with Gasteiger partial charge in [-0.25, -0.2) is 13.2 Å². The number of hydrogen-bond donors (Lipinski definition) is 2. The number of anilines is 1. The van der Waals surface area contributed by atoms with Gasteiger partial charge in [0.25, 0.3) is 0 Å². The van der Waals surface area contributed by atoms with Crippen molar-refractivity contribution in [2.24, 2.45) is 5.73 Å². The van der Waals surface area contributed by atoms with Crippen molar-refractivity contribution in [3.8, 4) is 11.1 Å². The quantitative estimate of drug-likeness (QED) is 0.522. The van der Waals surface area contributed by atoms with E-state index in [0.717, 1.165) is 48.8 Å². The fourth-order valence-electron chi connectivity index (χ4n) is 4.83. The molecule has 0 saturated heterocycles. The van der Waals surface area contributed by atoms with Crippen LogP contribution in [0.4, 0.5) is 5.69 Å². The summed E-state index contributed by atoms with van der Waals surface area (Å²) in [6, 6.07) is 10.8. The molecule has 0 aromatic heterocycles. The van der Waals surface area contributed by atoms with Crippen LogP contribution in [-0.2, 0) is 19.6 Å². The molecular formula is C26H32ClN3O4S. The van der Waals surface area contributed by atoms with Crippen LogP contribution >= 0.6 is 11.6 Å². The number of hydrogen-bond acceptors (Lipinski definition) is 6. The summed E-state index contributed by atoms with van der Waals surface area (Å²) in [5, 5.41) is 0.441. The normalized spacial score (nSPS) is 17.8. The molecule has 1 saturated carbocycles. The van der Waals surface area contributed by atoms with Crippen LogP contribution in [0.5, 0.6) is 0 Å². The van der Waals surface area contributed by atoms with Crippen LogP contribution in [0, 0.1) is 6.92 Å². The Labute approximate surface area is 212 Å². The third-order valence-corrected chi connectivity index (χ3v) is 8.33. The predicted molar refractivity (Wildman–Crippen MR) is 141 cm³/mol. The van der Waals surface area contributed by atoms with Gasteiger partial charge >= 0.3 is 5.97 Å². The molecule has 1 aliphatic heterocycles. The van der Waals surface area contributed by atoms with E-state index in [1.807, 2.05) is 38.1 Å². The molecule has 7 nitrogen and oxygen atoms in total. The Morgan fingerprint density at radius 3 is 2.51 bits per heavy atom. The molecule has 4 rings (SSSR count). The van der Waals surface area contributed by atoms with Crippen LogP contribution in [0.25, 0.3) is 16.7 Å². The Hall–Kier alpha value is -2.55. The first-order valence-corrected chi connectivity index (χ1v) is 13.8. The van der Waals surface area contributed by atoms with Crippen molar-refractivity contribution < 1.29 is 17.9 Å². The second kappa shape index (κ2) is 9.84. The highest BCUT2D eigenvalue weighted by Crippen LogP contribution is 2.45. The van der Waals surface area contributed by atoms with Gasteiger partial charge in [-0.15, -0.1) is 0 Å². The van der Waals surface area contributed by atoms with E-state index < -0.39 is 21.6 Å². The Kier molecular flexibility index (Phi) is 7.18. The molecule has 1 aliphatic carbocycles. The first-order chi connectivity index (χ1) is 16.5. The second-order valence-corrected chi connectivity index (χ2v) is 11.9.